The summed E-state index contributed by atoms with van der Waals surface area (Å²) >= 11 is 6.54. The summed E-state index contributed by atoms with van der Waals surface area (Å²) in [5.41, 5.74) is 3.84. The van der Waals surface area contributed by atoms with Gasteiger partial charge in [0.05, 0.1) is 27.7 Å². The molecule has 1 fully saturated rings. The number of nitrogens with zero attached hydrogens (tertiary/aromatic N) is 3. The minimum Gasteiger partial charge on any atom is -0.345 e. The first-order valence-corrected chi connectivity index (χ1v) is 15.0. The van der Waals surface area contributed by atoms with Crippen LogP contribution in [0.3, 0.4) is 0 Å². The zero-order valence-corrected chi connectivity index (χ0v) is 26.3. The summed E-state index contributed by atoms with van der Waals surface area (Å²) in [6.45, 7) is 11.0. The van der Waals surface area contributed by atoms with Crippen LogP contribution in [-0.2, 0) is 15.0 Å². The molecule has 2 unspecified atom stereocenters. The minimum atomic E-state index is -0.814. The molecule has 0 aromatic heterocycles. The van der Waals surface area contributed by atoms with Crippen molar-refractivity contribution < 1.29 is 14.4 Å². The third kappa shape index (κ3) is 5.00. The van der Waals surface area contributed by atoms with Crippen LogP contribution in [0, 0.1) is 11.3 Å². The van der Waals surface area contributed by atoms with Gasteiger partial charge in [0.25, 0.3) is 5.91 Å². The summed E-state index contributed by atoms with van der Waals surface area (Å²) in [4.78, 5) is 46.2. The van der Waals surface area contributed by atoms with Gasteiger partial charge in [-0.2, -0.15) is 0 Å². The van der Waals surface area contributed by atoms with Crippen LogP contribution in [0.5, 0.6) is 0 Å². The second kappa shape index (κ2) is 10.9. The molecule has 42 heavy (non-hydrogen) atoms. The zero-order chi connectivity index (χ0) is 30.6. The highest BCUT2D eigenvalue weighted by atomic mass is 35.5. The van der Waals surface area contributed by atoms with Gasteiger partial charge >= 0.3 is 0 Å². The molecule has 3 aromatic rings. The van der Waals surface area contributed by atoms with Crippen molar-refractivity contribution >= 4 is 40.7 Å². The SMILES string of the molecule is CC(C)C1N(C(=O)CC(C)(C)C)CCC12C(=O)N(c1cccc(-c3ccc(C(=O)N(C)C)c(Cl)c3)c1)c1ccccc12. The summed E-state index contributed by atoms with van der Waals surface area (Å²) in [6, 6.07) is 21.1. The van der Waals surface area contributed by atoms with Crippen molar-refractivity contribution in [2.75, 3.05) is 25.5 Å². The lowest BCUT2D eigenvalue weighted by atomic mass is 9.71. The van der Waals surface area contributed by atoms with E-state index in [1.807, 2.05) is 58.3 Å². The van der Waals surface area contributed by atoms with Crippen molar-refractivity contribution in [1.82, 2.24) is 9.80 Å². The summed E-state index contributed by atoms with van der Waals surface area (Å²) in [6.07, 6.45) is 1.03. The third-order valence-corrected chi connectivity index (χ3v) is 8.79. The molecule has 2 heterocycles. The third-order valence-electron chi connectivity index (χ3n) is 8.47. The molecule has 2 aliphatic rings. The van der Waals surface area contributed by atoms with E-state index in [1.165, 1.54) is 4.90 Å². The molecular weight excluding hydrogens is 546 g/mol. The van der Waals surface area contributed by atoms with Gasteiger partial charge in [-0.15, -0.1) is 0 Å². The lowest BCUT2D eigenvalue weighted by Gasteiger charge is -2.38. The molecule has 0 radical (unpaired) electrons. The number of carbonyl (C=O) groups is 3. The number of hydrogen-bond acceptors (Lipinski definition) is 3. The fraction of sp³-hybridized carbons (Fsp3) is 0.400. The highest BCUT2D eigenvalue weighted by Crippen LogP contribution is 2.55. The van der Waals surface area contributed by atoms with Crippen LogP contribution < -0.4 is 4.90 Å². The Hall–Kier alpha value is -3.64. The van der Waals surface area contributed by atoms with Gasteiger partial charge < -0.3 is 9.80 Å². The quantitative estimate of drug-likeness (QED) is 0.315. The van der Waals surface area contributed by atoms with Crippen molar-refractivity contribution in [3.8, 4) is 11.1 Å². The Labute approximate surface area is 254 Å². The average Bonchev–Trinajstić information content (AvgIpc) is 3.45. The van der Waals surface area contributed by atoms with Gasteiger partial charge in [-0.3, -0.25) is 19.3 Å². The Bertz CT molecular complexity index is 1560. The molecule has 3 aromatic carbocycles. The van der Waals surface area contributed by atoms with Crippen molar-refractivity contribution in [2.45, 2.75) is 58.9 Å². The number of amides is 3. The van der Waals surface area contributed by atoms with Crippen molar-refractivity contribution in [3.63, 3.8) is 0 Å². The molecule has 0 bridgehead atoms. The Morgan fingerprint density at radius 2 is 1.69 bits per heavy atom. The van der Waals surface area contributed by atoms with Crippen LogP contribution in [0.2, 0.25) is 5.02 Å². The van der Waals surface area contributed by atoms with Crippen molar-refractivity contribution in [1.29, 1.82) is 0 Å². The topological polar surface area (TPSA) is 60.9 Å². The monoisotopic (exact) mass is 585 g/mol. The van der Waals surface area contributed by atoms with Gasteiger partial charge in [0.15, 0.2) is 0 Å². The molecule has 0 saturated carbocycles. The number of halogens is 1. The fourth-order valence-corrected chi connectivity index (χ4v) is 7.06. The van der Waals surface area contributed by atoms with Crippen LogP contribution in [0.4, 0.5) is 11.4 Å². The number of carbonyl (C=O) groups excluding carboxylic acids is 3. The van der Waals surface area contributed by atoms with Crippen LogP contribution >= 0.6 is 11.6 Å². The lowest BCUT2D eigenvalue weighted by Crippen LogP contribution is -2.53. The maximum absolute atomic E-state index is 14.8. The van der Waals surface area contributed by atoms with Crippen molar-refractivity contribution in [2.24, 2.45) is 11.3 Å². The minimum absolute atomic E-state index is 0.00979. The van der Waals surface area contributed by atoms with E-state index in [0.717, 1.165) is 28.1 Å². The normalized spacial score (nSPS) is 20.0. The van der Waals surface area contributed by atoms with Crippen LogP contribution in [0.15, 0.2) is 66.7 Å². The van der Waals surface area contributed by atoms with Gasteiger partial charge in [-0.25, -0.2) is 0 Å². The van der Waals surface area contributed by atoms with Gasteiger partial charge in [0.2, 0.25) is 11.8 Å². The molecule has 1 spiro atoms. The average molecular weight is 586 g/mol. The van der Waals surface area contributed by atoms with Crippen LogP contribution in [-0.4, -0.2) is 54.2 Å². The first-order chi connectivity index (χ1) is 19.8. The maximum Gasteiger partial charge on any atom is 0.254 e. The predicted octanol–water partition coefficient (Wildman–Crippen LogP) is 7.32. The summed E-state index contributed by atoms with van der Waals surface area (Å²) < 4.78 is 0. The van der Waals surface area contributed by atoms with E-state index in [0.29, 0.717) is 30.0 Å². The molecule has 0 aliphatic carbocycles. The highest BCUT2D eigenvalue weighted by molar-refractivity contribution is 6.34. The van der Waals surface area contributed by atoms with Gasteiger partial charge in [-0.1, -0.05) is 82.6 Å². The second-order valence-electron chi connectivity index (χ2n) is 13.3. The first-order valence-electron chi connectivity index (χ1n) is 14.6. The smallest absolute Gasteiger partial charge is 0.254 e. The molecule has 1 saturated heterocycles. The molecule has 7 heteroatoms. The standard InChI is InChI=1S/C35H40ClN3O3/c1-22(2)31-35(17-18-38(31)30(40)21-34(3,4)5)27-13-8-9-14-29(27)39(33(35)42)25-12-10-11-23(19-25)24-15-16-26(28(36)20-24)32(41)37(6)7/h8-16,19-20,22,31H,17-18,21H2,1-7H3. The van der Waals surface area contributed by atoms with E-state index < -0.39 is 5.41 Å². The molecule has 2 atom stereocenters. The largest absolute Gasteiger partial charge is 0.345 e. The number of rotatable bonds is 5. The predicted molar refractivity (Wildman–Crippen MR) is 169 cm³/mol. The first kappa shape index (κ1) is 29.8. The lowest BCUT2D eigenvalue weighted by molar-refractivity contribution is -0.136. The van der Waals surface area contributed by atoms with E-state index in [2.05, 4.69) is 40.7 Å². The molecule has 2 aliphatic heterocycles. The van der Waals surface area contributed by atoms with Gasteiger partial charge in [-0.05, 0) is 64.8 Å². The van der Waals surface area contributed by atoms with E-state index >= 15 is 0 Å². The zero-order valence-electron chi connectivity index (χ0n) is 25.6. The molecule has 6 nitrogen and oxygen atoms in total. The van der Waals surface area contributed by atoms with E-state index in [4.69, 9.17) is 11.6 Å². The molecular formula is C35H40ClN3O3. The van der Waals surface area contributed by atoms with E-state index in [1.54, 1.807) is 26.2 Å². The fourth-order valence-electron chi connectivity index (χ4n) is 6.80. The number of anilines is 2. The highest BCUT2D eigenvalue weighted by Gasteiger charge is 2.62. The molecule has 0 N–H and O–H groups in total. The summed E-state index contributed by atoms with van der Waals surface area (Å²) in [7, 11) is 3.39. The molecule has 5 rings (SSSR count). The summed E-state index contributed by atoms with van der Waals surface area (Å²) in [5, 5.41) is 0.379. The number of benzene rings is 3. The maximum atomic E-state index is 14.8. The van der Waals surface area contributed by atoms with E-state index in [-0.39, 0.29) is 35.1 Å². The Balaban J connectivity index is 1.56. The molecule has 220 valence electrons. The van der Waals surface area contributed by atoms with Crippen molar-refractivity contribution in [3.05, 3.63) is 82.9 Å². The Morgan fingerprint density at radius 1 is 1.00 bits per heavy atom. The van der Waals surface area contributed by atoms with Gasteiger partial charge in [0, 0.05) is 32.7 Å². The van der Waals surface area contributed by atoms with E-state index in [9.17, 15) is 14.4 Å². The number of para-hydroxylation sites is 1. The number of fused-ring (bicyclic) bond motifs is 2. The van der Waals surface area contributed by atoms with Crippen LogP contribution in [0.1, 0.15) is 63.4 Å². The number of hydrogen-bond donors (Lipinski definition) is 0. The summed E-state index contributed by atoms with van der Waals surface area (Å²) in [5.74, 6) is 0.0499. The van der Waals surface area contributed by atoms with Crippen LogP contribution in [0.25, 0.3) is 11.1 Å². The van der Waals surface area contributed by atoms with Gasteiger partial charge in [0.1, 0.15) is 0 Å². The second-order valence-corrected chi connectivity index (χ2v) is 13.7. The Morgan fingerprint density at radius 3 is 2.33 bits per heavy atom. The Kier molecular flexibility index (Phi) is 7.73. The molecule has 3 amide bonds. The number of likely N-dealkylation sites (tertiary alicyclic amines) is 1.